The lowest BCUT2D eigenvalue weighted by Gasteiger charge is -2.39. The third kappa shape index (κ3) is 10.2. The SMILES string of the molecule is OC[C@H]1O[C@@H](OCCc2ccc(OCCOCCOCCOCCn3ccnn3)cc2)[C@H](O)[C@@H](O)[C@@H]1O. The maximum Gasteiger partial charge on any atom is 0.186 e. The number of rotatable bonds is 18. The smallest absolute Gasteiger partial charge is 0.186 e. The van der Waals surface area contributed by atoms with Crippen LogP contribution in [-0.4, -0.2) is 126 Å². The number of ether oxygens (including phenoxy) is 6. The van der Waals surface area contributed by atoms with Crippen LogP contribution >= 0.6 is 0 Å². The zero-order valence-corrected chi connectivity index (χ0v) is 20.7. The predicted octanol–water partition coefficient (Wildman–Crippen LogP) is -1.23. The van der Waals surface area contributed by atoms with Crippen LogP contribution in [0.2, 0.25) is 0 Å². The lowest BCUT2D eigenvalue weighted by molar-refractivity contribution is -0.300. The Morgan fingerprint density at radius 1 is 0.811 bits per heavy atom. The number of hydrogen-bond acceptors (Lipinski definition) is 12. The molecule has 4 N–H and O–H groups in total. The van der Waals surface area contributed by atoms with Crippen LogP contribution in [0.5, 0.6) is 5.75 Å². The Morgan fingerprint density at radius 2 is 1.49 bits per heavy atom. The van der Waals surface area contributed by atoms with Gasteiger partial charge in [0.15, 0.2) is 6.29 Å². The van der Waals surface area contributed by atoms with Crippen molar-refractivity contribution in [3.8, 4) is 5.75 Å². The number of benzene rings is 1. The summed E-state index contributed by atoms with van der Waals surface area (Å²) in [7, 11) is 0. The fourth-order valence-corrected chi connectivity index (χ4v) is 3.52. The molecule has 37 heavy (non-hydrogen) atoms. The third-order valence-electron chi connectivity index (χ3n) is 5.62. The van der Waals surface area contributed by atoms with E-state index in [4.69, 9.17) is 28.4 Å². The van der Waals surface area contributed by atoms with Gasteiger partial charge in [-0.05, 0) is 24.1 Å². The number of aliphatic hydroxyl groups excluding tert-OH is 4. The standard InChI is InChI=1S/C24H37N3O10/c28-17-20-21(29)22(30)23(31)24(37-20)36-9-5-18-1-3-19(4-2-18)35-16-15-34-14-13-33-12-11-32-10-8-27-7-6-25-26-27/h1-4,6-7,20-24,28-31H,5,8-17H2/t20-,21-,22+,23-,24-/m1/s1. The second-order valence-corrected chi connectivity index (χ2v) is 8.31. The van der Waals surface area contributed by atoms with Gasteiger partial charge in [-0.25, -0.2) is 0 Å². The minimum atomic E-state index is -1.45. The van der Waals surface area contributed by atoms with Crippen LogP contribution in [0.4, 0.5) is 0 Å². The van der Waals surface area contributed by atoms with E-state index in [2.05, 4.69) is 10.3 Å². The van der Waals surface area contributed by atoms with Gasteiger partial charge in [-0.3, -0.25) is 4.68 Å². The Balaban J connectivity index is 1.16. The highest BCUT2D eigenvalue weighted by Gasteiger charge is 2.43. The van der Waals surface area contributed by atoms with Gasteiger partial charge in [-0.2, -0.15) is 0 Å². The summed E-state index contributed by atoms with van der Waals surface area (Å²) < 4.78 is 34.6. The molecule has 2 heterocycles. The van der Waals surface area contributed by atoms with Crippen molar-refractivity contribution in [2.45, 2.75) is 43.7 Å². The Morgan fingerprint density at radius 3 is 2.14 bits per heavy atom. The molecule has 5 atom stereocenters. The van der Waals surface area contributed by atoms with E-state index in [1.807, 2.05) is 24.3 Å². The third-order valence-corrected chi connectivity index (χ3v) is 5.62. The second kappa shape index (κ2) is 16.6. The summed E-state index contributed by atoms with van der Waals surface area (Å²) in [6, 6.07) is 7.48. The summed E-state index contributed by atoms with van der Waals surface area (Å²) in [5.74, 6) is 0.710. The first-order valence-electron chi connectivity index (χ1n) is 12.3. The van der Waals surface area contributed by atoms with E-state index < -0.39 is 37.3 Å². The Bertz CT molecular complexity index is 840. The topological polar surface area (TPSA) is 167 Å². The molecule has 0 spiro atoms. The van der Waals surface area contributed by atoms with Crippen molar-refractivity contribution in [3.63, 3.8) is 0 Å². The predicted molar refractivity (Wildman–Crippen MR) is 128 cm³/mol. The first-order valence-corrected chi connectivity index (χ1v) is 12.3. The molecular weight excluding hydrogens is 490 g/mol. The van der Waals surface area contributed by atoms with E-state index in [0.717, 1.165) is 5.56 Å². The molecule has 13 nitrogen and oxygen atoms in total. The highest BCUT2D eigenvalue weighted by Crippen LogP contribution is 2.22. The Labute approximate surface area is 215 Å². The van der Waals surface area contributed by atoms with Gasteiger partial charge < -0.3 is 48.8 Å². The van der Waals surface area contributed by atoms with Crippen LogP contribution in [0.1, 0.15) is 5.56 Å². The summed E-state index contributed by atoms with van der Waals surface area (Å²) in [5, 5.41) is 46.4. The van der Waals surface area contributed by atoms with Crippen LogP contribution in [0, 0.1) is 0 Å². The van der Waals surface area contributed by atoms with Crippen LogP contribution in [0.3, 0.4) is 0 Å². The fraction of sp³-hybridized carbons (Fsp3) is 0.667. The molecule has 0 unspecified atom stereocenters. The second-order valence-electron chi connectivity index (χ2n) is 8.31. The summed E-state index contributed by atoms with van der Waals surface area (Å²) in [6.07, 6.45) is -2.44. The van der Waals surface area contributed by atoms with Crippen molar-refractivity contribution in [1.29, 1.82) is 0 Å². The number of hydrogen-bond donors (Lipinski definition) is 4. The summed E-state index contributed by atoms with van der Waals surface area (Å²) in [4.78, 5) is 0. The van der Waals surface area contributed by atoms with Crippen molar-refractivity contribution in [1.82, 2.24) is 15.0 Å². The van der Waals surface area contributed by atoms with Gasteiger partial charge in [0.05, 0.1) is 65.6 Å². The van der Waals surface area contributed by atoms with E-state index >= 15 is 0 Å². The maximum atomic E-state index is 10.0. The van der Waals surface area contributed by atoms with Gasteiger partial charge in [-0.1, -0.05) is 17.3 Å². The average Bonchev–Trinajstić information content (AvgIpc) is 3.44. The van der Waals surface area contributed by atoms with Gasteiger partial charge >= 0.3 is 0 Å². The molecule has 13 heteroatoms. The molecule has 2 aromatic rings. The molecule has 0 bridgehead atoms. The molecule has 0 saturated carbocycles. The van der Waals surface area contributed by atoms with E-state index in [-0.39, 0.29) is 6.61 Å². The maximum absolute atomic E-state index is 10.0. The highest BCUT2D eigenvalue weighted by molar-refractivity contribution is 5.27. The average molecular weight is 528 g/mol. The minimum Gasteiger partial charge on any atom is -0.491 e. The zero-order chi connectivity index (χ0) is 26.3. The Kier molecular flexibility index (Phi) is 13.2. The molecule has 1 saturated heterocycles. The molecule has 208 valence electrons. The monoisotopic (exact) mass is 527 g/mol. The number of aromatic nitrogens is 3. The molecule has 1 fully saturated rings. The molecule has 1 aliphatic heterocycles. The number of nitrogens with zero attached hydrogens (tertiary/aromatic N) is 3. The summed E-state index contributed by atoms with van der Waals surface area (Å²) >= 11 is 0. The molecule has 0 aliphatic carbocycles. The first kappa shape index (κ1) is 29.4. The van der Waals surface area contributed by atoms with Crippen LogP contribution < -0.4 is 4.74 Å². The lowest BCUT2D eigenvalue weighted by Crippen LogP contribution is -2.59. The Hall–Kier alpha value is -2.20. The normalized spacial score (nSPS) is 23.8. The molecule has 3 rings (SSSR count). The fourth-order valence-electron chi connectivity index (χ4n) is 3.52. The highest BCUT2D eigenvalue weighted by atomic mass is 16.7. The molecule has 0 radical (unpaired) electrons. The quantitative estimate of drug-likeness (QED) is 0.171. The van der Waals surface area contributed by atoms with E-state index in [1.165, 1.54) is 0 Å². The molecule has 0 amide bonds. The molecule has 1 aromatic heterocycles. The van der Waals surface area contributed by atoms with Crippen molar-refractivity contribution in [3.05, 3.63) is 42.2 Å². The number of aliphatic hydroxyl groups is 4. The van der Waals surface area contributed by atoms with Crippen molar-refractivity contribution >= 4 is 0 Å². The van der Waals surface area contributed by atoms with Gasteiger partial charge in [-0.15, -0.1) is 5.10 Å². The van der Waals surface area contributed by atoms with Crippen molar-refractivity contribution < 1.29 is 48.8 Å². The van der Waals surface area contributed by atoms with Gasteiger partial charge in [0, 0.05) is 6.20 Å². The van der Waals surface area contributed by atoms with E-state index in [9.17, 15) is 20.4 Å². The lowest BCUT2D eigenvalue weighted by atomic mass is 9.99. The van der Waals surface area contributed by atoms with Crippen LogP contribution in [0.15, 0.2) is 36.7 Å². The van der Waals surface area contributed by atoms with Crippen LogP contribution in [-0.2, 0) is 36.6 Å². The molecular formula is C24H37N3O10. The summed E-state index contributed by atoms with van der Waals surface area (Å²) in [5.41, 5.74) is 0.979. The first-order chi connectivity index (χ1) is 18.1. The van der Waals surface area contributed by atoms with Crippen molar-refractivity contribution in [2.24, 2.45) is 0 Å². The van der Waals surface area contributed by atoms with Crippen LogP contribution in [0.25, 0.3) is 0 Å². The molecule has 1 aliphatic rings. The van der Waals surface area contributed by atoms with Gasteiger partial charge in [0.1, 0.15) is 36.8 Å². The van der Waals surface area contributed by atoms with Gasteiger partial charge in [0.25, 0.3) is 0 Å². The largest absolute Gasteiger partial charge is 0.491 e. The van der Waals surface area contributed by atoms with Gasteiger partial charge in [0.2, 0.25) is 0 Å². The van der Waals surface area contributed by atoms with E-state index in [0.29, 0.717) is 65.0 Å². The zero-order valence-electron chi connectivity index (χ0n) is 20.7. The van der Waals surface area contributed by atoms with Crippen molar-refractivity contribution in [2.75, 3.05) is 59.5 Å². The minimum absolute atomic E-state index is 0.216. The molecule has 1 aromatic carbocycles. The summed E-state index contributed by atoms with van der Waals surface area (Å²) in [6.45, 7) is 3.73. The van der Waals surface area contributed by atoms with E-state index in [1.54, 1.807) is 17.1 Å².